The number of aryl methyl sites for hydroxylation is 1. The van der Waals surface area contributed by atoms with Crippen molar-refractivity contribution >= 4 is 17.4 Å². The molecule has 0 aliphatic carbocycles. The molecule has 2 rings (SSSR count). The molecule has 0 unspecified atom stereocenters. The average Bonchev–Trinajstić information content (AvgIpc) is 2.54. The molecule has 24 heavy (non-hydrogen) atoms. The lowest BCUT2D eigenvalue weighted by Crippen LogP contribution is -2.32. The first-order valence-electron chi connectivity index (χ1n) is 7.54. The molecule has 0 spiro atoms. The van der Waals surface area contributed by atoms with E-state index in [0.29, 0.717) is 29.4 Å². The van der Waals surface area contributed by atoms with Crippen molar-refractivity contribution in [3.8, 4) is 6.07 Å². The average molecular weight is 324 g/mol. The number of anilines is 2. The number of nitrogens with zero attached hydrogens (tertiary/aromatic N) is 4. The second-order valence-electron chi connectivity index (χ2n) is 5.53. The number of benzene rings is 1. The van der Waals surface area contributed by atoms with Gasteiger partial charge in [0.05, 0.1) is 11.3 Å². The number of nitrogens with one attached hydrogen (secondary N) is 2. The maximum atomic E-state index is 12.2. The largest absolute Gasteiger partial charge is 0.349 e. The molecule has 0 radical (unpaired) electrons. The van der Waals surface area contributed by atoms with E-state index in [-0.39, 0.29) is 11.6 Å². The van der Waals surface area contributed by atoms with Crippen molar-refractivity contribution in [1.82, 2.24) is 20.2 Å². The van der Waals surface area contributed by atoms with Gasteiger partial charge in [-0.25, -0.2) is 9.97 Å². The Bertz CT molecular complexity index is 766. The zero-order chi connectivity index (χ0) is 17.5. The number of aromatic nitrogens is 2. The van der Waals surface area contributed by atoms with Crippen LogP contribution in [0, 0.1) is 18.3 Å². The number of carbonyl (C=O) groups excluding carboxylic acids is 1. The number of rotatable bonds is 6. The summed E-state index contributed by atoms with van der Waals surface area (Å²) in [6.07, 6.45) is 0. The Labute approximate surface area is 141 Å². The highest BCUT2D eigenvalue weighted by Gasteiger charge is 2.11. The molecule has 2 N–H and O–H groups in total. The summed E-state index contributed by atoms with van der Waals surface area (Å²) < 4.78 is 0. The van der Waals surface area contributed by atoms with Gasteiger partial charge in [0.2, 0.25) is 0 Å². The molecule has 1 amide bonds. The van der Waals surface area contributed by atoms with Crippen LogP contribution in [0.15, 0.2) is 30.3 Å². The minimum atomic E-state index is -0.251. The predicted molar refractivity (Wildman–Crippen MR) is 92.1 cm³/mol. The Morgan fingerprint density at radius 1 is 1.29 bits per heavy atom. The van der Waals surface area contributed by atoms with E-state index in [1.54, 1.807) is 31.2 Å². The Kier molecular flexibility index (Phi) is 5.82. The third-order valence-electron chi connectivity index (χ3n) is 3.23. The molecule has 0 saturated heterocycles. The molecule has 0 aliphatic heterocycles. The van der Waals surface area contributed by atoms with E-state index in [4.69, 9.17) is 5.26 Å². The molecule has 0 saturated carbocycles. The topological polar surface area (TPSA) is 93.9 Å². The number of amides is 1. The standard InChI is InChI=1S/C17H20N6O/c1-12-20-15(17(24)19-8-9-23(2)3)10-16(21-12)22-14-7-5-4-6-13(14)11-18/h4-7,10H,8-9H2,1-3H3,(H,19,24)(H,20,21,22). The first-order chi connectivity index (χ1) is 11.5. The molecule has 1 aromatic carbocycles. The lowest BCUT2D eigenvalue weighted by atomic mass is 10.2. The molecule has 7 nitrogen and oxygen atoms in total. The number of hydrogen-bond acceptors (Lipinski definition) is 6. The van der Waals surface area contributed by atoms with Crippen molar-refractivity contribution in [2.24, 2.45) is 0 Å². The van der Waals surface area contributed by atoms with Crippen LogP contribution < -0.4 is 10.6 Å². The molecular weight excluding hydrogens is 304 g/mol. The smallest absolute Gasteiger partial charge is 0.270 e. The molecule has 2 aromatic rings. The predicted octanol–water partition coefficient (Wildman–Crippen LogP) is 1.69. The van der Waals surface area contributed by atoms with Crippen molar-refractivity contribution < 1.29 is 4.79 Å². The lowest BCUT2D eigenvalue weighted by molar-refractivity contribution is 0.0945. The van der Waals surface area contributed by atoms with Crippen LogP contribution in [-0.2, 0) is 0 Å². The van der Waals surface area contributed by atoms with Crippen LogP contribution in [-0.4, -0.2) is 48.0 Å². The molecule has 1 aromatic heterocycles. The van der Waals surface area contributed by atoms with Crippen LogP contribution in [0.25, 0.3) is 0 Å². The zero-order valence-electron chi connectivity index (χ0n) is 14.0. The van der Waals surface area contributed by atoms with Crippen LogP contribution in [0.3, 0.4) is 0 Å². The van der Waals surface area contributed by atoms with E-state index in [1.165, 1.54) is 0 Å². The van der Waals surface area contributed by atoms with E-state index < -0.39 is 0 Å². The van der Waals surface area contributed by atoms with Crippen LogP contribution in [0.1, 0.15) is 21.9 Å². The second-order valence-corrected chi connectivity index (χ2v) is 5.53. The highest BCUT2D eigenvalue weighted by Crippen LogP contribution is 2.19. The van der Waals surface area contributed by atoms with Gasteiger partial charge in [0, 0.05) is 19.2 Å². The molecule has 7 heteroatoms. The van der Waals surface area contributed by atoms with Crippen molar-refractivity contribution in [3.63, 3.8) is 0 Å². The van der Waals surface area contributed by atoms with Crippen molar-refractivity contribution in [2.75, 3.05) is 32.5 Å². The number of para-hydroxylation sites is 1. The van der Waals surface area contributed by atoms with Gasteiger partial charge in [-0.15, -0.1) is 0 Å². The fourth-order valence-electron chi connectivity index (χ4n) is 2.06. The van der Waals surface area contributed by atoms with Crippen molar-refractivity contribution in [2.45, 2.75) is 6.92 Å². The van der Waals surface area contributed by atoms with Gasteiger partial charge in [-0.2, -0.15) is 5.26 Å². The summed E-state index contributed by atoms with van der Waals surface area (Å²) in [6.45, 7) is 3.00. The summed E-state index contributed by atoms with van der Waals surface area (Å²) in [6, 6.07) is 10.8. The van der Waals surface area contributed by atoms with Gasteiger partial charge < -0.3 is 15.5 Å². The van der Waals surface area contributed by atoms with Crippen LogP contribution in [0.2, 0.25) is 0 Å². The van der Waals surface area contributed by atoms with Crippen LogP contribution in [0.5, 0.6) is 0 Å². The molecule has 124 valence electrons. The third-order valence-corrected chi connectivity index (χ3v) is 3.23. The van der Waals surface area contributed by atoms with E-state index >= 15 is 0 Å². The van der Waals surface area contributed by atoms with Gasteiger partial charge >= 0.3 is 0 Å². The zero-order valence-corrected chi connectivity index (χ0v) is 14.0. The highest BCUT2D eigenvalue weighted by atomic mass is 16.1. The van der Waals surface area contributed by atoms with E-state index in [0.717, 1.165) is 6.54 Å². The van der Waals surface area contributed by atoms with Crippen LogP contribution >= 0.6 is 0 Å². The maximum Gasteiger partial charge on any atom is 0.270 e. The number of hydrogen-bond donors (Lipinski definition) is 2. The Balaban J connectivity index is 2.16. The van der Waals surface area contributed by atoms with Gasteiger partial charge in [-0.1, -0.05) is 12.1 Å². The lowest BCUT2D eigenvalue weighted by Gasteiger charge is -2.12. The number of carbonyl (C=O) groups is 1. The maximum absolute atomic E-state index is 12.2. The number of nitriles is 1. The van der Waals surface area contributed by atoms with Gasteiger partial charge in [0.15, 0.2) is 0 Å². The molecule has 0 fully saturated rings. The fraction of sp³-hybridized carbons (Fsp3) is 0.294. The normalized spacial score (nSPS) is 10.3. The number of likely N-dealkylation sites (N-methyl/N-ethyl adjacent to an activating group) is 1. The van der Waals surface area contributed by atoms with Gasteiger partial charge in [-0.3, -0.25) is 4.79 Å². The Morgan fingerprint density at radius 2 is 2.04 bits per heavy atom. The quantitative estimate of drug-likeness (QED) is 0.840. The SMILES string of the molecule is Cc1nc(Nc2ccccc2C#N)cc(C(=O)NCCN(C)C)n1. The van der Waals surface area contributed by atoms with Gasteiger partial charge in [-0.05, 0) is 33.2 Å². The molecule has 0 atom stereocenters. The minimum Gasteiger partial charge on any atom is -0.349 e. The Morgan fingerprint density at radius 3 is 2.75 bits per heavy atom. The minimum absolute atomic E-state index is 0.251. The van der Waals surface area contributed by atoms with Crippen LogP contribution in [0.4, 0.5) is 11.5 Å². The van der Waals surface area contributed by atoms with Crippen molar-refractivity contribution in [1.29, 1.82) is 5.26 Å². The summed E-state index contributed by atoms with van der Waals surface area (Å²) in [5.41, 5.74) is 1.43. The first-order valence-corrected chi connectivity index (χ1v) is 7.54. The second kappa shape index (κ2) is 8.04. The monoisotopic (exact) mass is 324 g/mol. The molecular formula is C17H20N6O. The summed E-state index contributed by atoms with van der Waals surface area (Å²) in [5.74, 6) is 0.703. The van der Waals surface area contributed by atoms with E-state index in [9.17, 15) is 4.79 Å². The molecule has 0 bridgehead atoms. The van der Waals surface area contributed by atoms with E-state index in [1.807, 2.05) is 25.1 Å². The molecule has 1 heterocycles. The Hall–Kier alpha value is -2.98. The summed E-state index contributed by atoms with van der Waals surface area (Å²) in [4.78, 5) is 22.6. The van der Waals surface area contributed by atoms with Gasteiger partial charge in [0.25, 0.3) is 5.91 Å². The van der Waals surface area contributed by atoms with Crippen molar-refractivity contribution in [3.05, 3.63) is 47.4 Å². The summed E-state index contributed by atoms with van der Waals surface area (Å²) in [7, 11) is 3.88. The van der Waals surface area contributed by atoms with Gasteiger partial charge in [0.1, 0.15) is 23.4 Å². The summed E-state index contributed by atoms with van der Waals surface area (Å²) >= 11 is 0. The van der Waals surface area contributed by atoms with E-state index in [2.05, 4.69) is 26.7 Å². The summed E-state index contributed by atoms with van der Waals surface area (Å²) in [5, 5.41) is 15.0. The third kappa shape index (κ3) is 4.76. The fourth-order valence-corrected chi connectivity index (χ4v) is 2.06. The molecule has 0 aliphatic rings. The first kappa shape index (κ1) is 17.4. The highest BCUT2D eigenvalue weighted by molar-refractivity contribution is 5.93.